The van der Waals surface area contributed by atoms with E-state index in [-0.39, 0.29) is 12.5 Å². The fraction of sp³-hybridized carbons (Fsp3) is 0.481. The van der Waals surface area contributed by atoms with Gasteiger partial charge in [-0.3, -0.25) is 13.9 Å². The van der Waals surface area contributed by atoms with Crippen LogP contribution in [0.1, 0.15) is 45.6 Å². The molecule has 0 radical (unpaired) electrons. The summed E-state index contributed by atoms with van der Waals surface area (Å²) < 4.78 is 37.1. The van der Waals surface area contributed by atoms with Crippen molar-refractivity contribution in [1.29, 1.82) is 0 Å². The van der Waals surface area contributed by atoms with Gasteiger partial charge in [0.25, 0.3) is 0 Å². The van der Waals surface area contributed by atoms with Crippen molar-refractivity contribution < 1.29 is 27.5 Å². The molecular formula is C27H39N3O6S. The Labute approximate surface area is 220 Å². The van der Waals surface area contributed by atoms with Crippen LogP contribution in [-0.2, 0) is 26.2 Å². The Morgan fingerprint density at radius 1 is 0.973 bits per heavy atom. The average Bonchev–Trinajstić information content (AvgIpc) is 2.87. The van der Waals surface area contributed by atoms with E-state index >= 15 is 0 Å². The zero-order valence-corrected chi connectivity index (χ0v) is 23.2. The highest BCUT2D eigenvalue weighted by atomic mass is 32.2. The van der Waals surface area contributed by atoms with Crippen molar-refractivity contribution in [2.24, 2.45) is 0 Å². The van der Waals surface area contributed by atoms with Gasteiger partial charge in [-0.05, 0) is 61.7 Å². The van der Waals surface area contributed by atoms with E-state index in [0.29, 0.717) is 36.8 Å². The first-order chi connectivity index (χ1) is 17.6. The highest BCUT2D eigenvalue weighted by Crippen LogP contribution is 2.23. The van der Waals surface area contributed by atoms with Crippen LogP contribution in [-0.4, -0.2) is 64.2 Å². The number of sulfonamides is 1. The minimum Gasteiger partial charge on any atom is -0.497 e. The van der Waals surface area contributed by atoms with Gasteiger partial charge in [0, 0.05) is 13.1 Å². The Bertz CT molecular complexity index is 1100. The van der Waals surface area contributed by atoms with E-state index in [0.717, 1.165) is 29.0 Å². The lowest BCUT2D eigenvalue weighted by Crippen LogP contribution is -2.52. The molecule has 2 rings (SSSR count). The quantitative estimate of drug-likeness (QED) is 0.351. The topological polar surface area (TPSA) is 105 Å². The monoisotopic (exact) mass is 533 g/mol. The molecule has 0 fully saturated rings. The van der Waals surface area contributed by atoms with Gasteiger partial charge >= 0.3 is 0 Å². The first-order valence-corrected chi connectivity index (χ1v) is 14.4. The molecule has 0 saturated heterocycles. The van der Waals surface area contributed by atoms with Gasteiger partial charge < -0.3 is 19.7 Å². The molecule has 37 heavy (non-hydrogen) atoms. The van der Waals surface area contributed by atoms with Crippen molar-refractivity contribution in [2.75, 3.05) is 37.4 Å². The molecule has 1 N–H and O–H groups in total. The van der Waals surface area contributed by atoms with Gasteiger partial charge in [0.05, 0.1) is 25.7 Å². The minimum absolute atomic E-state index is 0.142. The molecule has 0 bridgehead atoms. The summed E-state index contributed by atoms with van der Waals surface area (Å²) in [6, 6.07) is 13.0. The Kier molecular flexibility index (Phi) is 11.7. The molecule has 2 amide bonds. The lowest BCUT2D eigenvalue weighted by atomic mass is 10.1. The molecular weight excluding hydrogens is 494 g/mol. The maximum Gasteiger partial charge on any atom is 0.244 e. The summed E-state index contributed by atoms with van der Waals surface area (Å²) >= 11 is 0. The van der Waals surface area contributed by atoms with Crippen LogP contribution in [0.4, 0.5) is 5.69 Å². The van der Waals surface area contributed by atoms with E-state index in [1.807, 2.05) is 32.9 Å². The lowest BCUT2D eigenvalue weighted by Gasteiger charge is -2.33. The second kappa shape index (κ2) is 14.5. The molecule has 204 valence electrons. The zero-order valence-electron chi connectivity index (χ0n) is 22.4. The highest BCUT2D eigenvalue weighted by Gasteiger charge is 2.31. The summed E-state index contributed by atoms with van der Waals surface area (Å²) in [5, 5.41) is 2.91. The highest BCUT2D eigenvalue weighted by molar-refractivity contribution is 7.92. The van der Waals surface area contributed by atoms with Gasteiger partial charge in [-0.15, -0.1) is 0 Å². The second-order valence-electron chi connectivity index (χ2n) is 8.63. The number of ether oxygens (including phenoxy) is 2. The Hall–Kier alpha value is -3.27. The number of unbranched alkanes of at least 4 members (excludes halogenated alkanes) is 1. The molecule has 10 heteroatoms. The third-order valence-corrected chi connectivity index (χ3v) is 6.98. The summed E-state index contributed by atoms with van der Waals surface area (Å²) in [6.07, 6.45) is 3.19. The summed E-state index contributed by atoms with van der Waals surface area (Å²) in [7, 11) is -2.23. The van der Waals surface area contributed by atoms with Crippen molar-refractivity contribution in [1.82, 2.24) is 10.2 Å². The Balaban J connectivity index is 2.38. The number of benzene rings is 2. The van der Waals surface area contributed by atoms with E-state index in [4.69, 9.17) is 9.47 Å². The molecule has 0 aliphatic rings. The first-order valence-electron chi connectivity index (χ1n) is 12.5. The van der Waals surface area contributed by atoms with Gasteiger partial charge in [-0.25, -0.2) is 8.42 Å². The number of carbonyl (C=O) groups excluding carboxylic acids is 2. The fourth-order valence-corrected chi connectivity index (χ4v) is 4.69. The number of amides is 2. The number of hydrogen-bond donors (Lipinski definition) is 1. The number of rotatable bonds is 15. The van der Waals surface area contributed by atoms with Crippen LogP contribution in [0.3, 0.4) is 0 Å². The maximum absolute atomic E-state index is 13.7. The second-order valence-corrected chi connectivity index (χ2v) is 10.5. The van der Waals surface area contributed by atoms with E-state index in [2.05, 4.69) is 5.32 Å². The van der Waals surface area contributed by atoms with Crippen molar-refractivity contribution in [3.05, 3.63) is 54.1 Å². The standard InChI is InChI=1S/C27H39N3O6S/c1-6-9-18-28-27(32)25(7-2)29(19-21-10-14-23(35-4)15-11-21)26(31)20-30(37(5,33)34)22-12-16-24(17-13-22)36-8-3/h10-17,25H,6-9,18-20H2,1-5H3,(H,28,32)/t25-/m0/s1. The fourth-order valence-electron chi connectivity index (χ4n) is 3.84. The third-order valence-electron chi connectivity index (χ3n) is 5.84. The minimum atomic E-state index is -3.80. The van der Waals surface area contributed by atoms with E-state index in [1.165, 1.54) is 4.90 Å². The largest absolute Gasteiger partial charge is 0.497 e. The normalized spacial score (nSPS) is 11.9. The van der Waals surface area contributed by atoms with Crippen LogP contribution in [0.2, 0.25) is 0 Å². The number of nitrogens with one attached hydrogen (secondary N) is 1. The number of anilines is 1. The van der Waals surface area contributed by atoms with E-state index in [9.17, 15) is 18.0 Å². The molecule has 0 aliphatic heterocycles. The molecule has 1 atom stereocenters. The molecule has 0 aromatic heterocycles. The SMILES string of the molecule is CCCCNC(=O)[C@H](CC)N(Cc1ccc(OC)cc1)C(=O)CN(c1ccc(OCC)cc1)S(C)(=O)=O. The van der Waals surface area contributed by atoms with Gasteiger partial charge in [0.2, 0.25) is 21.8 Å². The smallest absolute Gasteiger partial charge is 0.244 e. The van der Waals surface area contributed by atoms with Crippen molar-refractivity contribution >= 4 is 27.5 Å². The number of hydrogen-bond acceptors (Lipinski definition) is 6. The van der Waals surface area contributed by atoms with E-state index < -0.39 is 28.5 Å². The number of methoxy groups -OCH3 is 1. The molecule has 2 aromatic rings. The summed E-state index contributed by atoms with van der Waals surface area (Å²) in [4.78, 5) is 28.2. The van der Waals surface area contributed by atoms with Gasteiger partial charge in [0.15, 0.2) is 0 Å². The first kappa shape index (κ1) is 30.0. The van der Waals surface area contributed by atoms with Crippen LogP contribution in [0.25, 0.3) is 0 Å². The number of carbonyl (C=O) groups is 2. The van der Waals surface area contributed by atoms with E-state index in [1.54, 1.807) is 43.5 Å². The summed E-state index contributed by atoms with van der Waals surface area (Å²) in [5.74, 6) is 0.532. The van der Waals surface area contributed by atoms with Crippen LogP contribution in [0, 0.1) is 0 Å². The van der Waals surface area contributed by atoms with Gasteiger partial charge in [-0.1, -0.05) is 32.4 Å². The van der Waals surface area contributed by atoms with Crippen LogP contribution < -0.4 is 19.1 Å². The van der Waals surface area contributed by atoms with Crippen LogP contribution in [0.15, 0.2) is 48.5 Å². The predicted octanol–water partition coefficient (Wildman–Crippen LogP) is 3.58. The Morgan fingerprint density at radius 3 is 2.11 bits per heavy atom. The van der Waals surface area contributed by atoms with Gasteiger partial charge in [-0.2, -0.15) is 0 Å². The average molecular weight is 534 g/mol. The van der Waals surface area contributed by atoms with Crippen LogP contribution in [0.5, 0.6) is 11.5 Å². The molecule has 0 spiro atoms. The molecule has 2 aromatic carbocycles. The molecule has 0 unspecified atom stereocenters. The number of nitrogens with zero attached hydrogens (tertiary/aromatic N) is 2. The van der Waals surface area contributed by atoms with Gasteiger partial charge in [0.1, 0.15) is 24.1 Å². The van der Waals surface area contributed by atoms with Crippen LogP contribution >= 0.6 is 0 Å². The maximum atomic E-state index is 13.7. The molecule has 0 saturated carbocycles. The van der Waals surface area contributed by atoms with Crippen molar-refractivity contribution in [3.63, 3.8) is 0 Å². The lowest BCUT2D eigenvalue weighted by molar-refractivity contribution is -0.140. The summed E-state index contributed by atoms with van der Waals surface area (Å²) in [5.41, 5.74) is 1.13. The molecule has 0 aliphatic carbocycles. The molecule has 9 nitrogen and oxygen atoms in total. The third kappa shape index (κ3) is 8.96. The Morgan fingerprint density at radius 2 is 1.59 bits per heavy atom. The summed E-state index contributed by atoms with van der Waals surface area (Å²) in [6.45, 7) is 6.41. The molecule has 0 heterocycles. The zero-order chi connectivity index (χ0) is 27.4. The van der Waals surface area contributed by atoms with Crippen molar-refractivity contribution in [3.8, 4) is 11.5 Å². The van der Waals surface area contributed by atoms with Crippen molar-refractivity contribution in [2.45, 2.75) is 52.6 Å². The predicted molar refractivity (Wildman–Crippen MR) is 145 cm³/mol.